The topological polar surface area (TPSA) is 32.3 Å². The summed E-state index contributed by atoms with van der Waals surface area (Å²) in [6, 6.07) is 8.23. The molecule has 0 radical (unpaired) electrons. The van der Waals surface area contributed by atoms with E-state index in [1.54, 1.807) is 0 Å². The molecule has 0 heterocycles. The van der Waals surface area contributed by atoms with Crippen molar-refractivity contribution in [3.63, 3.8) is 0 Å². The van der Waals surface area contributed by atoms with Gasteiger partial charge in [0.05, 0.1) is 6.73 Å². The van der Waals surface area contributed by atoms with Gasteiger partial charge in [-0.1, -0.05) is 28.1 Å². The molecule has 0 amide bonds. The van der Waals surface area contributed by atoms with Crippen molar-refractivity contribution in [1.82, 2.24) is 5.32 Å². The average molecular weight is 230 g/mol. The van der Waals surface area contributed by atoms with Gasteiger partial charge in [0.15, 0.2) is 0 Å². The van der Waals surface area contributed by atoms with Gasteiger partial charge in [-0.15, -0.1) is 0 Å². The molecule has 0 unspecified atom stereocenters. The Labute approximate surface area is 80.7 Å². The molecule has 66 valence electrons. The minimum absolute atomic E-state index is 0.0111. The molecule has 0 fully saturated rings. The Morgan fingerprint density at radius 1 is 1.42 bits per heavy atom. The van der Waals surface area contributed by atoms with E-state index >= 15 is 0 Å². The van der Waals surface area contributed by atoms with Crippen LogP contribution >= 0.6 is 15.9 Å². The summed E-state index contributed by atoms with van der Waals surface area (Å²) >= 11 is 3.36. The summed E-state index contributed by atoms with van der Waals surface area (Å²) in [6.45, 7) is 2.02. The van der Waals surface area contributed by atoms with E-state index in [2.05, 4.69) is 21.2 Å². The van der Waals surface area contributed by atoms with Crippen LogP contribution in [-0.4, -0.2) is 11.8 Å². The van der Waals surface area contributed by atoms with Gasteiger partial charge in [-0.3, -0.25) is 5.32 Å². The van der Waals surface area contributed by atoms with Crippen molar-refractivity contribution < 1.29 is 5.11 Å². The maximum atomic E-state index is 8.63. The van der Waals surface area contributed by atoms with Crippen molar-refractivity contribution in [2.24, 2.45) is 0 Å². The lowest BCUT2D eigenvalue weighted by atomic mass is 10.1. The van der Waals surface area contributed by atoms with Crippen LogP contribution in [0.25, 0.3) is 0 Å². The second kappa shape index (κ2) is 4.60. The summed E-state index contributed by atoms with van der Waals surface area (Å²) in [6.07, 6.45) is 0. The van der Waals surface area contributed by atoms with Crippen molar-refractivity contribution in [3.05, 3.63) is 34.3 Å². The molecule has 0 aliphatic rings. The summed E-state index contributed by atoms with van der Waals surface area (Å²) in [7, 11) is 0. The Morgan fingerprint density at radius 3 is 2.50 bits per heavy atom. The Bertz CT molecular complexity index is 235. The summed E-state index contributed by atoms with van der Waals surface area (Å²) in [5, 5.41) is 11.6. The third-order valence-corrected chi connectivity index (χ3v) is 2.30. The van der Waals surface area contributed by atoms with Gasteiger partial charge in [0.1, 0.15) is 0 Å². The van der Waals surface area contributed by atoms with Gasteiger partial charge >= 0.3 is 0 Å². The fraction of sp³-hybridized carbons (Fsp3) is 0.333. The Balaban J connectivity index is 2.68. The highest BCUT2D eigenvalue weighted by molar-refractivity contribution is 9.10. The minimum atomic E-state index is 0.0111. The molecule has 1 atom stereocenters. The number of benzene rings is 1. The van der Waals surface area contributed by atoms with Gasteiger partial charge < -0.3 is 5.11 Å². The molecule has 0 aliphatic heterocycles. The molecule has 1 aromatic rings. The number of aliphatic hydroxyl groups excluding tert-OH is 1. The molecule has 1 aromatic carbocycles. The van der Waals surface area contributed by atoms with Crippen LogP contribution in [0.3, 0.4) is 0 Å². The molecule has 3 heteroatoms. The van der Waals surface area contributed by atoms with Crippen molar-refractivity contribution in [2.45, 2.75) is 13.0 Å². The van der Waals surface area contributed by atoms with Crippen LogP contribution in [0.5, 0.6) is 0 Å². The zero-order valence-corrected chi connectivity index (χ0v) is 8.51. The second-order valence-electron chi connectivity index (χ2n) is 2.64. The Morgan fingerprint density at radius 2 is 2.00 bits per heavy atom. The van der Waals surface area contributed by atoms with E-state index in [1.165, 1.54) is 5.56 Å². The molecule has 0 aromatic heterocycles. The van der Waals surface area contributed by atoms with Crippen LogP contribution in [-0.2, 0) is 0 Å². The summed E-state index contributed by atoms with van der Waals surface area (Å²) in [4.78, 5) is 0. The molecule has 0 saturated carbocycles. The standard InChI is InChI=1S/C9H12BrNO/c1-7(11-6-12)8-2-4-9(10)5-3-8/h2-5,7,11-12H,6H2,1H3/t7-/m0/s1. The lowest BCUT2D eigenvalue weighted by molar-refractivity contribution is 0.245. The van der Waals surface area contributed by atoms with Crippen molar-refractivity contribution in [3.8, 4) is 0 Å². The highest BCUT2D eigenvalue weighted by Crippen LogP contribution is 2.15. The SMILES string of the molecule is C[C@H](NCO)c1ccc(Br)cc1. The molecule has 0 bridgehead atoms. The fourth-order valence-electron chi connectivity index (χ4n) is 1.01. The molecule has 2 nitrogen and oxygen atoms in total. The zero-order chi connectivity index (χ0) is 8.97. The van der Waals surface area contributed by atoms with Crippen LogP contribution in [0.2, 0.25) is 0 Å². The van der Waals surface area contributed by atoms with E-state index in [1.807, 2.05) is 31.2 Å². The fourth-order valence-corrected chi connectivity index (χ4v) is 1.27. The van der Waals surface area contributed by atoms with Gasteiger partial charge in [-0.2, -0.15) is 0 Å². The minimum Gasteiger partial charge on any atom is -0.381 e. The van der Waals surface area contributed by atoms with Gasteiger partial charge in [0.2, 0.25) is 0 Å². The largest absolute Gasteiger partial charge is 0.381 e. The van der Waals surface area contributed by atoms with Crippen molar-refractivity contribution in [1.29, 1.82) is 0 Å². The van der Waals surface area contributed by atoms with E-state index in [-0.39, 0.29) is 12.8 Å². The summed E-state index contributed by atoms with van der Waals surface area (Å²) in [5.74, 6) is 0. The first kappa shape index (κ1) is 9.71. The van der Waals surface area contributed by atoms with Crippen LogP contribution in [0.15, 0.2) is 28.7 Å². The third kappa shape index (κ3) is 2.59. The number of rotatable bonds is 3. The van der Waals surface area contributed by atoms with Crippen LogP contribution in [0.4, 0.5) is 0 Å². The van der Waals surface area contributed by atoms with E-state index in [4.69, 9.17) is 5.11 Å². The second-order valence-corrected chi connectivity index (χ2v) is 3.55. The van der Waals surface area contributed by atoms with Gasteiger partial charge in [0, 0.05) is 10.5 Å². The van der Waals surface area contributed by atoms with Gasteiger partial charge in [0.25, 0.3) is 0 Å². The maximum absolute atomic E-state index is 8.63. The number of hydrogen-bond acceptors (Lipinski definition) is 2. The molecule has 1 rings (SSSR count). The molecule has 0 aliphatic carbocycles. The molecule has 2 N–H and O–H groups in total. The van der Waals surface area contributed by atoms with Crippen molar-refractivity contribution in [2.75, 3.05) is 6.73 Å². The first-order valence-corrected chi connectivity index (χ1v) is 4.63. The van der Waals surface area contributed by atoms with E-state index in [0.717, 1.165) is 4.47 Å². The van der Waals surface area contributed by atoms with Crippen LogP contribution in [0, 0.1) is 0 Å². The number of halogens is 1. The first-order valence-electron chi connectivity index (χ1n) is 3.83. The Hall–Kier alpha value is -0.380. The predicted molar refractivity (Wildman–Crippen MR) is 52.8 cm³/mol. The van der Waals surface area contributed by atoms with Crippen LogP contribution < -0.4 is 5.32 Å². The zero-order valence-electron chi connectivity index (χ0n) is 6.92. The third-order valence-electron chi connectivity index (χ3n) is 1.77. The van der Waals surface area contributed by atoms with Gasteiger partial charge in [-0.25, -0.2) is 0 Å². The quantitative estimate of drug-likeness (QED) is 0.779. The molecular formula is C9H12BrNO. The summed E-state index contributed by atoms with van der Waals surface area (Å²) in [5.41, 5.74) is 1.17. The highest BCUT2D eigenvalue weighted by Gasteiger charge is 2.01. The molecule has 12 heavy (non-hydrogen) atoms. The monoisotopic (exact) mass is 229 g/mol. The smallest absolute Gasteiger partial charge is 0.0936 e. The molecule has 0 spiro atoms. The predicted octanol–water partition coefficient (Wildman–Crippen LogP) is 2.05. The van der Waals surface area contributed by atoms with E-state index < -0.39 is 0 Å². The normalized spacial score (nSPS) is 12.9. The molecular weight excluding hydrogens is 218 g/mol. The van der Waals surface area contributed by atoms with Crippen molar-refractivity contribution >= 4 is 15.9 Å². The summed E-state index contributed by atoms with van der Waals surface area (Å²) < 4.78 is 1.07. The number of hydrogen-bond donors (Lipinski definition) is 2. The molecule has 0 saturated heterocycles. The Kier molecular flexibility index (Phi) is 3.72. The highest BCUT2D eigenvalue weighted by atomic mass is 79.9. The lowest BCUT2D eigenvalue weighted by Crippen LogP contribution is -2.19. The van der Waals surface area contributed by atoms with Gasteiger partial charge in [-0.05, 0) is 24.6 Å². The number of aliphatic hydroxyl groups is 1. The maximum Gasteiger partial charge on any atom is 0.0936 e. The van der Waals surface area contributed by atoms with Crippen LogP contribution in [0.1, 0.15) is 18.5 Å². The lowest BCUT2D eigenvalue weighted by Gasteiger charge is -2.11. The van der Waals surface area contributed by atoms with E-state index in [9.17, 15) is 0 Å². The first-order chi connectivity index (χ1) is 5.74. The average Bonchev–Trinajstić information content (AvgIpc) is 2.06. The van der Waals surface area contributed by atoms with E-state index in [0.29, 0.717) is 0 Å². The number of nitrogens with one attached hydrogen (secondary N) is 1.